The van der Waals surface area contributed by atoms with E-state index in [2.05, 4.69) is 62.8 Å². The maximum atomic E-state index is 4.64. The summed E-state index contributed by atoms with van der Waals surface area (Å²) in [6.45, 7) is 12.5. The molecular weight excluding hydrogens is 252 g/mol. The first-order valence-electron chi connectivity index (χ1n) is 7.27. The number of hydrogen-bond acceptors (Lipinski definition) is 3. The molecule has 3 heteroatoms. The molecule has 0 aromatic carbocycles. The van der Waals surface area contributed by atoms with Crippen LogP contribution in [-0.4, -0.2) is 27.2 Å². The van der Waals surface area contributed by atoms with E-state index in [1.807, 2.05) is 11.8 Å². The van der Waals surface area contributed by atoms with Gasteiger partial charge >= 0.3 is 0 Å². The van der Waals surface area contributed by atoms with Crippen LogP contribution in [0, 0.1) is 0 Å². The van der Waals surface area contributed by atoms with Gasteiger partial charge in [-0.1, -0.05) is 26.8 Å². The van der Waals surface area contributed by atoms with Gasteiger partial charge in [-0.3, -0.25) is 4.90 Å². The van der Waals surface area contributed by atoms with Gasteiger partial charge in [0.15, 0.2) is 0 Å². The molecule has 1 fully saturated rings. The molecule has 1 aliphatic heterocycles. The van der Waals surface area contributed by atoms with Crippen molar-refractivity contribution in [3.63, 3.8) is 0 Å². The number of aromatic nitrogens is 1. The highest BCUT2D eigenvalue weighted by molar-refractivity contribution is 8.00. The summed E-state index contributed by atoms with van der Waals surface area (Å²) in [5.74, 6) is 0. The number of thioether (sulfide) groups is 1. The first-order valence-corrected chi connectivity index (χ1v) is 8.09. The van der Waals surface area contributed by atoms with E-state index in [1.165, 1.54) is 24.9 Å². The zero-order valence-electron chi connectivity index (χ0n) is 12.8. The number of hydrogen-bond donors (Lipinski definition) is 0. The Balaban J connectivity index is 2.10. The smallest absolute Gasteiger partial charge is 0.0965 e. The Labute approximate surface area is 122 Å². The molecule has 106 valence electrons. The van der Waals surface area contributed by atoms with E-state index >= 15 is 0 Å². The maximum absolute atomic E-state index is 4.64. The van der Waals surface area contributed by atoms with Crippen LogP contribution in [-0.2, 0) is 0 Å². The van der Waals surface area contributed by atoms with Gasteiger partial charge < -0.3 is 0 Å². The summed E-state index contributed by atoms with van der Waals surface area (Å²) < 4.78 is 0.228. The van der Waals surface area contributed by atoms with E-state index in [9.17, 15) is 0 Å². The van der Waals surface area contributed by atoms with Gasteiger partial charge in [0.05, 0.1) is 5.03 Å². The zero-order chi connectivity index (χ0) is 14.0. The van der Waals surface area contributed by atoms with Crippen LogP contribution in [0.4, 0.5) is 0 Å². The minimum absolute atomic E-state index is 0.228. The van der Waals surface area contributed by atoms with Crippen molar-refractivity contribution in [1.82, 2.24) is 9.88 Å². The Morgan fingerprint density at radius 2 is 2.05 bits per heavy atom. The fourth-order valence-electron chi connectivity index (χ4n) is 2.73. The van der Waals surface area contributed by atoms with E-state index in [-0.39, 0.29) is 4.75 Å². The highest BCUT2D eigenvalue weighted by Crippen LogP contribution is 2.35. The van der Waals surface area contributed by atoms with Crippen molar-refractivity contribution in [2.75, 3.05) is 6.54 Å². The van der Waals surface area contributed by atoms with Crippen LogP contribution in [0.25, 0.3) is 0 Å². The number of likely N-dealkylation sites (tertiary alicyclic amines) is 1. The standard InChI is InChI=1S/C16H26N2S/c1-12(2)18-10-6-7-14(18)13-8-9-15(17-11-13)19-16(3,4)5/h8-9,11-12,14H,6-7,10H2,1-5H3/t14-/m0/s1. The molecule has 19 heavy (non-hydrogen) atoms. The van der Waals surface area contributed by atoms with Crippen LogP contribution in [0.3, 0.4) is 0 Å². The maximum Gasteiger partial charge on any atom is 0.0965 e. The third-order valence-electron chi connectivity index (χ3n) is 3.51. The SMILES string of the molecule is CC(C)N1CCC[C@H]1c1ccc(SC(C)(C)C)nc1. The second-order valence-corrected chi connectivity index (χ2v) is 8.48. The van der Waals surface area contributed by atoms with Crippen molar-refractivity contribution in [2.24, 2.45) is 0 Å². The first-order chi connectivity index (χ1) is 8.87. The average molecular weight is 278 g/mol. The quantitative estimate of drug-likeness (QED) is 0.756. The second kappa shape index (κ2) is 5.84. The summed E-state index contributed by atoms with van der Waals surface area (Å²) in [5, 5.41) is 1.13. The zero-order valence-corrected chi connectivity index (χ0v) is 13.6. The van der Waals surface area contributed by atoms with Crippen LogP contribution >= 0.6 is 11.8 Å². The summed E-state index contributed by atoms with van der Waals surface area (Å²) in [5.41, 5.74) is 1.38. The molecule has 0 unspecified atom stereocenters. The fourth-order valence-corrected chi connectivity index (χ4v) is 3.60. The molecule has 0 spiro atoms. The molecule has 1 aromatic heterocycles. The lowest BCUT2D eigenvalue weighted by Gasteiger charge is -2.28. The minimum Gasteiger partial charge on any atom is -0.294 e. The first kappa shape index (κ1) is 14.9. The third-order valence-corrected chi connectivity index (χ3v) is 4.58. The van der Waals surface area contributed by atoms with Crippen molar-refractivity contribution >= 4 is 11.8 Å². The van der Waals surface area contributed by atoms with Crippen LogP contribution in [0.5, 0.6) is 0 Å². The van der Waals surface area contributed by atoms with Crippen molar-refractivity contribution in [2.45, 2.75) is 69.3 Å². The van der Waals surface area contributed by atoms with Crippen molar-refractivity contribution in [1.29, 1.82) is 0 Å². The Bertz CT molecular complexity index is 406. The summed E-state index contributed by atoms with van der Waals surface area (Å²) >= 11 is 1.83. The van der Waals surface area contributed by atoms with E-state index in [1.54, 1.807) is 0 Å². The Kier molecular flexibility index (Phi) is 4.57. The molecule has 2 rings (SSSR count). The highest BCUT2D eigenvalue weighted by atomic mass is 32.2. The van der Waals surface area contributed by atoms with Gasteiger partial charge in [0.25, 0.3) is 0 Å². The van der Waals surface area contributed by atoms with Gasteiger partial charge in [-0.2, -0.15) is 0 Å². The average Bonchev–Trinajstić information content (AvgIpc) is 2.76. The molecule has 0 aliphatic carbocycles. The Hall–Kier alpha value is -0.540. The molecule has 0 saturated carbocycles. The van der Waals surface area contributed by atoms with Crippen molar-refractivity contribution in [3.8, 4) is 0 Å². The molecule has 2 heterocycles. The second-order valence-electron chi connectivity index (χ2n) is 6.63. The Morgan fingerprint density at radius 1 is 1.32 bits per heavy atom. The molecule has 0 radical (unpaired) electrons. The van der Waals surface area contributed by atoms with E-state index in [0.29, 0.717) is 12.1 Å². The summed E-state index contributed by atoms with van der Waals surface area (Å²) in [4.78, 5) is 7.23. The van der Waals surface area contributed by atoms with Gasteiger partial charge in [0, 0.05) is 23.0 Å². The van der Waals surface area contributed by atoms with Gasteiger partial charge in [-0.25, -0.2) is 4.98 Å². The highest BCUT2D eigenvalue weighted by Gasteiger charge is 2.28. The largest absolute Gasteiger partial charge is 0.294 e. The minimum atomic E-state index is 0.228. The lowest BCUT2D eigenvalue weighted by atomic mass is 10.1. The number of pyridine rings is 1. The molecule has 0 amide bonds. The molecule has 1 saturated heterocycles. The summed E-state index contributed by atoms with van der Waals surface area (Å²) in [7, 11) is 0. The van der Waals surface area contributed by atoms with Gasteiger partial charge in [0.2, 0.25) is 0 Å². The topological polar surface area (TPSA) is 16.1 Å². The van der Waals surface area contributed by atoms with Crippen molar-refractivity contribution < 1.29 is 0 Å². The lowest BCUT2D eigenvalue weighted by molar-refractivity contribution is 0.205. The number of nitrogens with zero attached hydrogens (tertiary/aromatic N) is 2. The van der Waals surface area contributed by atoms with Crippen LogP contribution < -0.4 is 0 Å². The normalized spacial score (nSPS) is 21.3. The van der Waals surface area contributed by atoms with Crippen LogP contribution in [0.1, 0.15) is 59.1 Å². The van der Waals surface area contributed by atoms with Crippen molar-refractivity contribution in [3.05, 3.63) is 23.9 Å². The molecule has 2 nitrogen and oxygen atoms in total. The number of rotatable bonds is 3. The molecule has 0 N–H and O–H groups in total. The molecule has 1 aliphatic rings. The van der Waals surface area contributed by atoms with Crippen LogP contribution in [0.2, 0.25) is 0 Å². The fraction of sp³-hybridized carbons (Fsp3) is 0.688. The predicted octanol–water partition coefficient (Wildman–Crippen LogP) is 4.52. The van der Waals surface area contributed by atoms with E-state index in [0.717, 1.165) is 5.03 Å². The van der Waals surface area contributed by atoms with E-state index in [4.69, 9.17) is 0 Å². The molecular formula is C16H26N2S. The molecule has 1 atom stereocenters. The lowest BCUT2D eigenvalue weighted by Crippen LogP contribution is -2.30. The van der Waals surface area contributed by atoms with Gasteiger partial charge in [0.1, 0.15) is 0 Å². The monoisotopic (exact) mass is 278 g/mol. The predicted molar refractivity (Wildman–Crippen MR) is 83.7 cm³/mol. The van der Waals surface area contributed by atoms with Gasteiger partial charge in [-0.05, 0) is 44.9 Å². The third kappa shape index (κ3) is 3.96. The molecule has 1 aromatic rings. The summed E-state index contributed by atoms with van der Waals surface area (Å²) in [6.07, 6.45) is 4.66. The van der Waals surface area contributed by atoms with Gasteiger partial charge in [-0.15, -0.1) is 11.8 Å². The van der Waals surface area contributed by atoms with E-state index < -0.39 is 0 Å². The molecule has 0 bridgehead atoms. The van der Waals surface area contributed by atoms with Crippen LogP contribution in [0.15, 0.2) is 23.4 Å². The summed E-state index contributed by atoms with van der Waals surface area (Å²) in [6, 6.07) is 5.64. The Morgan fingerprint density at radius 3 is 2.58 bits per heavy atom.